The first kappa shape index (κ1) is 9.97. The Morgan fingerprint density at radius 1 is 1.50 bits per heavy atom. The van der Waals surface area contributed by atoms with E-state index >= 15 is 0 Å². The maximum atomic E-state index is 11.4. The molecule has 2 atom stereocenters. The molecule has 1 aliphatic heterocycles. The molecule has 2 fully saturated rings. The van der Waals surface area contributed by atoms with Gasteiger partial charge in [-0.2, -0.15) is 0 Å². The molecule has 2 unspecified atom stereocenters. The van der Waals surface area contributed by atoms with Gasteiger partial charge in [-0.25, -0.2) is 4.79 Å². The molecule has 1 aliphatic carbocycles. The number of carbonyl (C=O) groups excluding carboxylic acids is 1. The molecule has 0 radical (unpaired) electrons. The van der Waals surface area contributed by atoms with E-state index in [1.807, 2.05) is 6.92 Å². The van der Waals surface area contributed by atoms with Crippen molar-refractivity contribution in [1.82, 2.24) is 0 Å². The zero-order chi connectivity index (χ0) is 10.4. The van der Waals surface area contributed by atoms with Gasteiger partial charge in [0.1, 0.15) is 5.60 Å². The Morgan fingerprint density at radius 2 is 2.21 bits per heavy atom. The number of esters is 1. The van der Waals surface area contributed by atoms with E-state index < -0.39 is 0 Å². The van der Waals surface area contributed by atoms with Crippen LogP contribution in [0.5, 0.6) is 0 Å². The highest BCUT2D eigenvalue weighted by Crippen LogP contribution is 2.56. The molecule has 1 spiro atoms. The Bertz CT molecular complexity index is 259. The van der Waals surface area contributed by atoms with Crippen LogP contribution in [-0.4, -0.2) is 24.3 Å². The summed E-state index contributed by atoms with van der Waals surface area (Å²) in [5.74, 6) is -0.176. The second kappa shape index (κ2) is 2.96. The number of hydrogen-bond donors (Lipinski definition) is 0. The van der Waals surface area contributed by atoms with Crippen LogP contribution in [0.15, 0.2) is 0 Å². The van der Waals surface area contributed by atoms with Crippen LogP contribution in [0.4, 0.5) is 0 Å². The highest BCUT2D eigenvalue weighted by molar-refractivity contribution is 5.79. The number of hydrogen-bond acceptors (Lipinski definition) is 3. The third kappa shape index (κ3) is 1.54. The fraction of sp³-hybridized carbons (Fsp3) is 0.909. The van der Waals surface area contributed by atoms with Crippen LogP contribution in [0.1, 0.15) is 40.0 Å². The quantitative estimate of drug-likeness (QED) is 0.502. The fourth-order valence-corrected chi connectivity index (χ4v) is 2.54. The van der Waals surface area contributed by atoms with Gasteiger partial charge in [0.2, 0.25) is 0 Å². The summed E-state index contributed by atoms with van der Waals surface area (Å²) < 4.78 is 10.5. The van der Waals surface area contributed by atoms with Crippen molar-refractivity contribution >= 4 is 5.97 Å². The van der Waals surface area contributed by atoms with Gasteiger partial charge < -0.3 is 9.47 Å². The predicted molar refractivity (Wildman–Crippen MR) is 51.9 cm³/mol. The molecule has 1 saturated heterocycles. The molecule has 2 aliphatic rings. The van der Waals surface area contributed by atoms with Crippen molar-refractivity contribution in [3.63, 3.8) is 0 Å². The van der Waals surface area contributed by atoms with E-state index in [1.54, 1.807) is 0 Å². The molecule has 0 bridgehead atoms. The average Bonchev–Trinajstić information content (AvgIpc) is 2.67. The number of epoxide rings is 1. The lowest BCUT2D eigenvalue weighted by Crippen LogP contribution is -2.21. The molecule has 1 heterocycles. The second-order valence-corrected chi connectivity index (χ2v) is 5.16. The zero-order valence-corrected chi connectivity index (χ0v) is 9.13. The van der Waals surface area contributed by atoms with E-state index in [1.165, 1.54) is 0 Å². The highest BCUT2D eigenvalue weighted by Gasteiger charge is 2.65. The molecule has 0 aromatic rings. The monoisotopic (exact) mass is 198 g/mol. The van der Waals surface area contributed by atoms with Gasteiger partial charge in [-0.1, -0.05) is 13.8 Å². The van der Waals surface area contributed by atoms with Crippen molar-refractivity contribution in [1.29, 1.82) is 0 Å². The van der Waals surface area contributed by atoms with Gasteiger partial charge in [-0.05, 0) is 31.6 Å². The molecule has 2 rings (SSSR count). The van der Waals surface area contributed by atoms with Crippen LogP contribution in [0.2, 0.25) is 0 Å². The summed E-state index contributed by atoms with van der Waals surface area (Å²) in [6, 6.07) is 0. The van der Waals surface area contributed by atoms with Crippen LogP contribution in [0.25, 0.3) is 0 Å². The van der Waals surface area contributed by atoms with Crippen LogP contribution < -0.4 is 0 Å². The maximum Gasteiger partial charge on any atom is 0.338 e. The normalized spacial score (nSPS) is 38.6. The van der Waals surface area contributed by atoms with Crippen LogP contribution in [-0.2, 0) is 14.3 Å². The Morgan fingerprint density at radius 3 is 2.71 bits per heavy atom. The van der Waals surface area contributed by atoms with Crippen LogP contribution in [0.3, 0.4) is 0 Å². The largest absolute Gasteiger partial charge is 0.464 e. The molecule has 14 heavy (non-hydrogen) atoms. The summed E-state index contributed by atoms with van der Waals surface area (Å²) >= 11 is 0. The molecule has 0 aromatic heterocycles. The molecule has 3 heteroatoms. The molecule has 3 nitrogen and oxygen atoms in total. The van der Waals surface area contributed by atoms with Gasteiger partial charge in [-0.3, -0.25) is 0 Å². The van der Waals surface area contributed by atoms with Crippen molar-refractivity contribution in [2.45, 2.75) is 51.7 Å². The molecule has 80 valence electrons. The van der Waals surface area contributed by atoms with Gasteiger partial charge >= 0.3 is 5.97 Å². The van der Waals surface area contributed by atoms with Gasteiger partial charge in [0.15, 0.2) is 6.10 Å². The highest BCUT2D eigenvalue weighted by atomic mass is 16.7. The standard InChI is InChI=1S/C11H18O3/c1-4-13-9(12)8-11(14-8)6-5-10(2,3)7-11/h8H,4-7H2,1-3H3. The fourth-order valence-electron chi connectivity index (χ4n) is 2.54. The van der Waals surface area contributed by atoms with Crippen molar-refractivity contribution in [2.24, 2.45) is 5.41 Å². The number of rotatable bonds is 2. The molecule has 1 saturated carbocycles. The third-order valence-electron chi connectivity index (χ3n) is 3.28. The minimum atomic E-state index is -0.274. The number of carbonyl (C=O) groups is 1. The van der Waals surface area contributed by atoms with Crippen LogP contribution in [0, 0.1) is 5.41 Å². The second-order valence-electron chi connectivity index (χ2n) is 5.16. The Kier molecular flexibility index (Phi) is 2.11. The van der Waals surface area contributed by atoms with Crippen molar-refractivity contribution in [3.8, 4) is 0 Å². The summed E-state index contributed by atoms with van der Waals surface area (Å²) in [6.45, 7) is 6.72. The summed E-state index contributed by atoms with van der Waals surface area (Å²) in [5, 5.41) is 0. The van der Waals surface area contributed by atoms with Gasteiger partial charge in [-0.15, -0.1) is 0 Å². The minimum Gasteiger partial charge on any atom is -0.464 e. The Hall–Kier alpha value is -0.570. The van der Waals surface area contributed by atoms with Crippen molar-refractivity contribution in [3.05, 3.63) is 0 Å². The lowest BCUT2D eigenvalue weighted by Gasteiger charge is -2.15. The van der Waals surface area contributed by atoms with E-state index in [0.29, 0.717) is 12.0 Å². The SMILES string of the molecule is CCOC(=O)C1OC12CCC(C)(C)C2. The summed E-state index contributed by atoms with van der Waals surface area (Å²) in [5.41, 5.74) is 0.164. The molecule has 0 aromatic carbocycles. The van der Waals surface area contributed by atoms with Crippen molar-refractivity contribution < 1.29 is 14.3 Å². The number of ether oxygens (including phenoxy) is 2. The summed E-state index contributed by atoms with van der Waals surface area (Å²) in [4.78, 5) is 11.4. The lowest BCUT2D eigenvalue weighted by atomic mass is 9.90. The average molecular weight is 198 g/mol. The van der Waals surface area contributed by atoms with E-state index in [4.69, 9.17) is 9.47 Å². The minimum absolute atomic E-state index is 0.157. The first-order chi connectivity index (χ1) is 6.49. The molecule has 0 amide bonds. The molecular formula is C11H18O3. The first-order valence-electron chi connectivity index (χ1n) is 5.34. The van der Waals surface area contributed by atoms with E-state index in [0.717, 1.165) is 19.3 Å². The summed E-state index contributed by atoms with van der Waals surface area (Å²) in [6.07, 6.45) is 2.86. The molecule has 0 N–H and O–H groups in total. The smallest absolute Gasteiger partial charge is 0.338 e. The van der Waals surface area contributed by atoms with E-state index in [-0.39, 0.29) is 17.7 Å². The summed E-state index contributed by atoms with van der Waals surface area (Å²) in [7, 11) is 0. The predicted octanol–water partition coefficient (Wildman–Crippen LogP) is 1.90. The Balaban J connectivity index is 1.95. The maximum absolute atomic E-state index is 11.4. The molecular weight excluding hydrogens is 180 g/mol. The zero-order valence-electron chi connectivity index (χ0n) is 9.13. The van der Waals surface area contributed by atoms with Gasteiger partial charge in [0, 0.05) is 0 Å². The van der Waals surface area contributed by atoms with Gasteiger partial charge in [0.25, 0.3) is 0 Å². The third-order valence-corrected chi connectivity index (χ3v) is 3.28. The Labute approximate surface area is 84.8 Å². The van der Waals surface area contributed by atoms with Crippen LogP contribution >= 0.6 is 0 Å². The lowest BCUT2D eigenvalue weighted by molar-refractivity contribution is -0.144. The van der Waals surface area contributed by atoms with Crippen molar-refractivity contribution in [2.75, 3.05) is 6.61 Å². The van der Waals surface area contributed by atoms with Gasteiger partial charge in [0.05, 0.1) is 6.61 Å². The van der Waals surface area contributed by atoms with E-state index in [9.17, 15) is 4.79 Å². The van der Waals surface area contributed by atoms with E-state index in [2.05, 4.69) is 13.8 Å². The topological polar surface area (TPSA) is 38.8 Å². The first-order valence-corrected chi connectivity index (χ1v) is 5.34.